The van der Waals surface area contributed by atoms with E-state index in [1.807, 2.05) is 20.8 Å². The highest BCUT2D eigenvalue weighted by Crippen LogP contribution is 2.12. The average Bonchev–Trinajstić information content (AvgIpc) is 2.21. The van der Waals surface area contributed by atoms with Crippen molar-refractivity contribution in [2.75, 3.05) is 6.54 Å². The maximum atomic E-state index is 13.5. The van der Waals surface area contributed by atoms with Gasteiger partial charge in [-0.3, -0.25) is 0 Å². The summed E-state index contributed by atoms with van der Waals surface area (Å²) >= 11 is 0. The molecule has 1 atom stereocenters. The lowest BCUT2D eigenvalue weighted by Gasteiger charge is -2.15. The molecular weight excluding hydrogens is 220 g/mol. The van der Waals surface area contributed by atoms with Crippen LogP contribution in [0.5, 0.6) is 0 Å². The van der Waals surface area contributed by atoms with Crippen molar-refractivity contribution in [2.45, 2.75) is 33.2 Å². The van der Waals surface area contributed by atoms with Crippen LogP contribution >= 0.6 is 0 Å². The molecule has 1 nitrogen and oxygen atoms in total. The monoisotopic (exact) mass is 239 g/mol. The van der Waals surface area contributed by atoms with Crippen LogP contribution in [0.25, 0.3) is 0 Å². The summed E-state index contributed by atoms with van der Waals surface area (Å²) in [6.45, 7) is 6.83. The third-order valence-corrected chi connectivity index (χ3v) is 2.46. The second-order valence-corrected chi connectivity index (χ2v) is 4.35. The third kappa shape index (κ3) is 4.65. The molecule has 0 aliphatic heterocycles. The van der Waals surface area contributed by atoms with Crippen LogP contribution < -0.4 is 5.32 Å². The zero-order valence-corrected chi connectivity index (χ0v) is 10.6. The van der Waals surface area contributed by atoms with E-state index in [0.717, 1.165) is 12.6 Å². The van der Waals surface area contributed by atoms with Gasteiger partial charge in [0.15, 0.2) is 0 Å². The fourth-order valence-electron chi connectivity index (χ4n) is 1.78. The minimum atomic E-state index is -0.534. The number of benzene rings is 1. The molecule has 1 unspecified atom stereocenters. The average molecular weight is 239 g/mol. The van der Waals surface area contributed by atoms with Gasteiger partial charge in [0.2, 0.25) is 0 Å². The molecule has 17 heavy (non-hydrogen) atoms. The summed E-state index contributed by atoms with van der Waals surface area (Å²) in [5.74, 6) is -1.01. The molecule has 0 heterocycles. The number of allylic oxidation sites excluding steroid dienone is 1. The standard InChI is InChI=1S/C14H19F2N/c1-4-17-13(7-10(2)3)8-11-5-6-12(15)9-14(11)16/h5-7,9,13,17H,4,8H2,1-3H3. The Bertz CT molecular complexity index is 395. The predicted molar refractivity (Wildman–Crippen MR) is 67.0 cm³/mol. The lowest BCUT2D eigenvalue weighted by atomic mass is 10.0. The van der Waals surface area contributed by atoms with E-state index in [4.69, 9.17) is 0 Å². The highest BCUT2D eigenvalue weighted by Gasteiger charge is 2.09. The first-order valence-electron chi connectivity index (χ1n) is 5.85. The maximum absolute atomic E-state index is 13.5. The molecule has 1 aromatic rings. The Morgan fingerprint density at radius 3 is 2.59 bits per heavy atom. The van der Waals surface area contributed by atoms with Crippen LogP contribution in [0.4, 0.5) is 8.78 Å². The van der Waals surface area contributed by atoms with Gasteiger partial charge in [-0.15, -0.1) is 0 Å². The molecule has 1 rings (SSSR count). The van der Waals surface area contributed by atoms with E-state index in [1.54, 1.807) is 0 Å². The van der Waals surface area contributed by atoms with Crippen LogP contribution in [-0.2, 0) is 6.42 Å². The maximum Gasteiger partial charge on any atom is 0.129 e. The minimum absolute atomic E-state index is 0.0879. The Kier molecular flexibility index (Phi) is 5.29. The minimum Gasteiger partial charge on any atom is -0.310 e. The van der Waals surface area contributed by atoms with Crippen molar-refractivity contribution in [1.29, 1.82) is 0 Å². The summed E-state index contributed by atoms with van der Waals surface area (Å²) in [7, 11) is 0. The molecule has 1 aromatic carbocycles. The van der Waals surface area contributed by atoms with Crippen LogP contribution in [0.15, 0.2) is 29.8 Å². The fourth-order valence-corrected chi connectivity index (χ4v) is 1.78. The molecule has 1 N–H and O–H groups in total. The van der Waals surface area contributed by atoms with Crippen molar-refractivity contribution >= 4 is 0 Å². The largest absolute Gasteiger partial charge is 0.310 e. The molecular formula is C14H19F2N. The lowest BCUT2D eigenvalue weighted by molar-refractivity contribution is 0.550. The van der Waals surface area contributed by atoms with Gasteiger partial charge in [-0.1, -0.05) is 24.6 Å². The number of hydrogen-bond acceptors (Lipinski definition) is 1. The summed E-state index contributed by atoms with van der Waals surface area (Å²) in [5.41, 5.74) is 1.72. The normalized spacial score (nSPS) is 12.3. The van der Waals surface area contributed by atoms with Gasteiger partial charge in [0.05, 0.1) is 0 Å². The van der Waals surface area contributed by atoms with Gasteiger partial charge in [0, 0.05) is 12.1 Å². The number of hydrogen-bond donors (Lipinski definition) is 1. The lowest BCUT2D eigenvalue weighted by Crippen LogP contribution is -2.29. The molecule has 0 saturated carbocycles. The summed E-state index contributed by atoms with van der Waals surface area (Å²) < 4.78 is 26.3. The third-order valence-electron chi connectivity index (χ3n) is 2.46. The number of likely N-dealkylation sites (N-methyl/N-ethyl adjacent to an activating group) is 1. The van der Waals surface area contributed by atoms with Gasteiger partial charge in [0.1, 0.15) is 11.6 Å². The molecule has 0 radical (unpaired) electrons. The molecule has 0 saturated heterocycles. The van der Waals surface area contributed by atoms with E-state index in [0.29, 0.717) is 12.0 Å². The summed E-state index contributed by atoms with van der Waals surface area (Å²) in [6.07, 6.45) is 2.59. The fraction of sp³-hybridized carbons (Fsp3) is 0.429. The Hall–Kier alpha value is -1.22. The first-order valence-corrected chi connectivity index (χ1v) is 5.85. The van der Waals surface area contributed by atoms with Gasteiger partial charge >= 0.3 is 0 Å². The van der Waals surface area contributed by atoms with Gasteiger partial charge in [-0.2, -0.15) is 0 Å². The topological polar surface area (TPSA) is 12.0 Å². The number of rotatable bonds is 5. The van der Waals surface area contributed by atoms with E-state index < -0.39 is 11.6 Å². The molecule has 0 aromatic heterocycles. The number of nitrogens with one attached hydrogen (secondary N) is 1. The molecule has 0 bridgehead atoms. The van der Waals surface area contributed by atoms with Crippen LogP contribution in [0.1, 0.15) is 26.3 Å². The van der Waals surface area contributed by atoms with Crippen LogP contribution in [0, 0.1) is 11.6 Å². The van der Waals surface area contributed by atoms with Crippen molar-refractivity contribution in [3.8, 4) is 0 Å². The SMILES string of the molecule is CCNC(C=C(C)C)Cc1ccc(F)cc1F. The van der Waals surface area contributed by atoms with Gasteiger partial charge in [0.25, 0.3) is 0 Å². The Labute approximate surface area is 102 Å². The Morgan fingerprint density at radius 1 is 1.35 bits per heavy atom. The summed E-state index contributed by atoms with van der Waals surface area (Å²) in [5, 5.41) is 3.27. The first kappa shape index (κ1) is 13.8. The van der Waals surface area contributed by atoms with Crippen molar-refractivity contribution in [1.82, 2.24) is 5.32 Å². The number of halogens is 2. The Morgan fingerprint density at radius 2 is 2.06 bits per heavy atom. The van der Waals surface area contributed by atoms with Crippen molar-refractivity contribution < 1.29 is 8.78 Å². The van der Waals surface area contributed by atoms with Crippen molar-refractivity contribution in [3.63, 3.8) is 0 Å². The second kappa shape index (κ2) is 6.50. The van der Waals surface area contributed by atoms with Gasteiger partial charge in [-0.05, 0) is 38.4 Å². The van der Waals surface area contributed by atoms with Crippen LogP contribution in [-0.4, -0.2) is 12.6 Å². The molecule has 0 fully saturated rings. The van der Waals surface area contributed by atoms with Crippen LogP contribution in [0.3, 0.4) is 0 Å². The van der Waals surface area contributed by atoms with Crippen molar-refractivity contribution in [2.24, 2.45) is 0 Å². The molecule has 0 aliphatic carbocycles. The molecule has 94 valence electrons. The Balaban J connectivity index is 2.82. The molecule has 0 spiro atoms. The van der Waals surface area contributed by atoms with E-state index in [2.05, 4.69) is 11.4 Å². The van der Waals surface area contributed by atoms with E-state index in [-0.39, 0.29) is 6.04 Å². The highest BCUT2D eigenvalue weighted by atomic mass is 19.1. The van der Waals surface area contributed by atoms with E-state index >= 15 is 0 Å². The second-order valence-electron chi connectivity index (χ2n) is 4.35. The van der Waals surface area contributed by atoms with Gasteiger partial charge in [-0.25, -0.2) is 8.78 Å². The van der Waals surface area contributed by atoms with Crippen LogP contribution in [0.2, 0.25) is 0 Å². The molecule has 0 aliphatic rings. The first-order chi connectivity index (χ1) is 8.02. The zero-order chi connectivity index (χ0) is 12.8. The van der Waals surface area contributed by atoms with Crippen molar-refractivity contribution in [3.05, 3.63) is 47.0 Å². The summed E-state index contributed by atoms with van der Waals surface area (Å²) in [4.78, 5) is 0. The van der Waals surface area contributed by atoms with Gasteiger partial charge < -0.3 is 5.32 Å². The smallest absolute Gasteiger partial charge is 0.129 e. The van der Waals surface area contributed by atoms with E-state index in [9.17, 15) is 8.78 Å². The molecule has 0 amide bonds. The predicted octanol–water partition coefficient (Wildman–Crippen LogP) is 3.45. The zero-order valence-electron chi connectivity index (χ0n) is 10.6. The summed E-state index contributed by atoms with van der Waals surface area (Å²) in [6, 6.07) is 3.82. The quantitative estimate of drug-likeness (QED) is 0.776. The highest BCUT2D eigenvalue weighted by molar-refractivity contribution is 5.21. The molecule has 3 heteroatoms. The van der Waals surface area contributed by atoms with E-state index in [1.165, 1.54) is 17.7 Å².